The molecular formula is C15H25N3. The van der Waals surface area contributed by atoms with E-state index in [-0.39, 0.29) is 0 Å². The third-order valence-electron chi connectivity index (χ3n) is 4.24. The zero-order chi connectivity index (χ0) is 13.0. The number of hydrogen-bond donors (Lipinski definition) is 1. The summed E-state index contributed by atoms with van der Waals surface area (Å²) in [6.45, 7) is 5.63. The highest BCUT2D eigenvalue weighted by atomic mass is 15.2. The topological polar surface area (TPSA) is 42.1 Å². The second-order valence-electron chi connectivity index (χ2n) is 5.36. The van der Waals surface area contributed by atoms with Crippen molar-refractivity contribution in [3.8, 4) is 0 Å². The van der Waals surface area contributed by atoms with Crippen LogP contribution in [0.3, 0.4) is 0 Å². The molecule has 0 aliphatic heterocycles. The van der Waals surface area contributed by atoms with E-state index in [4.69, 9.17) is 5.73 Å². The maximum atomic E-state index is 6.00. The Morgan fingerprint density at radius 3 is 2.67 bits per heavy atom. The van der Waals surface area contributed by atoms with Gasteiger partial charge in [0, 0.05) is 30.5 Å². The standard InChI is InChI=1S/C15H25N3/c1-3-18(15-8-6-14(16)7-9-15)12(2)13-5-4-10-17-11-13/h4-5,10-12,14-15H,3,6-9,16H2,1-2H3. The molecule has 3 heteroatoms. The number of nitrogens with two attached hydrogens (primary N) is 1. The van der Waals surface area contributed by atoms with Crippen LogP contribution >= 0.6 is 0 Å². The Morgan fingerprint density at radius 1 is 1.39 bits per heavy atom. The summed E-state index contributed by atoms with van der Waals surface area (Å²) < 4.78 is 0. The molecule has 0 aromatic carbocycles. The molecule has 0 spiro atoms. The van der Waals surface area contributed by atoms with Crippen molar-refractivity contribution in [3.63, 3.8) is 0 Å². The highest BCUT2D eigenvalue weighted by Crippen LogP contribution is 2.29. The molecule has 1 aromatic heterocycles. The van der Waals surface area contributed by atoms with Crippen molar-refractivity contribution in [3.05, 3.63) is 30.1 Å². The molecule has 100 valence electrons. The Morgan fingerprint density at radius 2 is 2.11 bits per heavy atom. The molecule has 2 rings (SSSR count). The minimum Gasteiger partial charge on any atom is -0.328 e. The van der Waals surface area contributed by atoms with E-state index in [1.165, 1.54) is 31.2 Å². The zero-order valence-corrected chi connectivity index (χ0v) is 11.5. The Hall–Kier alpha value is -0.930. The molecule has 1 unspecified atom stereocenters. The van der Waals surface area contributed by atoms with Gasteiger partial charge < -0.3 is 5.73 Å². The van der Waals surface area contributed by atoms with Gasteiger partial charge in [0.1, 0.15) is 0 Å². The van der Waals surface area contributed by atoms with Crippen LogP contribution in [0.1, 0.15) is 51.1 Å². The van der Waals surface area contributed by atoms with Gasteiger partial charge in [-0.3, -0.25) is 9.88 Å². The Labute approximate surface area is 110 Å². The molecule has 1 aromatic rings. The molecule has 0 amide bonds. The molecule has 0 saturated heterocycles. The lowest BCUT2D eigenvalue weighted by atomic mass is 9.89. The lowest BCUT2D eigenvalue weighted by molar-refractivity contribution is 0.114. The number of hydrogen-bond acceptors (Lipinski definition) is 3. The Bertz CT molecular complexity index is 344. The summed E-state index contributed by atoms with van der Waals surface area (Å²) in [5, 5.41) is 0. The fourth-order valence-corrected chi connectivity index (χ4v) is 3.10. The molecule has 2 N–H and O–H groups in total. The van der Waals surface area contributed by atoms with Gasteiger partial charge in [0.05, 0.1) is 0 Å². The fraction of sp³-hybridized carbons (Fsp3) is 0.667. The summed E-state index contributed by atoms with van der Waals surface area (Å²) in [6, 6.07) is 5.76. The third kappa shape index (κ3) is 3.09. The van der Waals surface area contributed by atoms with Crippen molar-refractivity contribution in [2.75, 3.05) is 6.54 Å². The van der Waals surface area contributed by atoms with E-state index in [1.54, 1.807) is 0 Å². The molecule has 0 bridgehead atoms. The first-order chi connectivity index (χ1) is 8.72. The molecule has 0 radical (unpaired) electrons. The van der Waals surface area contributed by atoms with E-state index in [0.717, 1.165) is 6.54 Å². The van der Waals surface area contributed by atoms with Crippen LogP contribution < -0.4 is 5.73 Å². The molecule has 1 fully saturated rings. The number of aromatic nitrogens is 1. The predicted octanol–water partition coefficient (Wildman–Crippen LogP) is 2.73. The maximum absolute atomic E-state index is 6.00. The third-order valence-corrected chi connectivity index (χ3v) is 4.24. The summed E-state index contributed by atoms with van der Waals surface area (Å²) in [6.07, 6.45) is 8.63. The molecule has 1 atom stereocenters. The average Bonchev–Trinajstić information content (AvgIpc) is 2.42. The quantitative estimate of drug-likeness (QED) is 0.889. The van der Waals surface area contributed by atoms with Gasteiger partial charge in [-0.25, -0.2) is 0 Å². The maximum Gasteiger partial charge on any atom is 0.0337 e. The predicted molar refractivity (Wildman–Crippen MR) is 75.3 cm³/mol. The minimum absolute atomic E-state index is 0.425. The van der Waals surface area contributed by atoms with Crippen molar-refractivity contribution < 1.29 is 0 Å². The Kier molecular flexibility index (Phi) is 4.72. The van der Waals surface area contributed by atoms with Crippen molar-refractivity contribution in [2.24, 2.45) is 5.73 Å². The monoisotopic (exact) mass is 247 g/mol. The van der Waals surface area contributed by atoms with Crippen LogP contribution in [0.5, 0.6) is 0 Å². The first-order valence-corrected chi connectivity index (χ1v) is 7.13. The van der Waals surface area contributed by atoms with Gasteiger partial charge in [0.25, 0.3) is 0 Å². The van der Waals surface area contributed by atoms with Crippen molar-refractivity contribution >= 4 is 0 Å². The van der Waals surface area contributed by atoms with Gasteiger partial charge in [-0.15, -0.1) is 0 Å². The first kappa shape index (κ1) is 13.5. The van der Waals surface area contributed by atoms with E-state index < -0.39 is 0 Å². The van der Waals surface area contributed by atoms with E-state index in [1.807, 2.05) is 18.5 Å². The summed E-state index contributed by atoms with van der Waals surface area (Å²) >= 11 is 0. The van der Waals surface area contributed by atoms with E-state index >= 15 is 0 Å². The number of rotatable bonds is 4. The normalized spacial score (nSPS) is 26.2. The van der Waals surface area contributed by atoms with Gasteiger partial charge in [0.2, 0.25) is 0 Å². The van der Waals surface area contributed by atoms with Gasteiger partial charge in [-0.05, 0) is 50.8 Å². The lowest BCUT2D eigenvalue weighted by Crippen LogP contribution is -2.42. The van der Waals surface area contributed by atoms with E-state index in [0.29, 0.717) is 18.1 Å². The number of nitrogens with zero attached hydrogens (tertiary/aromatic N) is 2. The highest BCUT2D eigenvalue weighted by molar-refractivity contribution is 5.13. The number of pyridine rings is 1. The van der Waals surface area contributed by atoms with Gasteiger partial charge >= 0.3 is 0 Å². The molecule has 1 aliphatic carbocycles. The molecular weight excluding hydrogens is 222 g/mol. The largest absolute Gasteiger partial charge is 0.328 e. The highest BCUT2D eigenvalue weighted by Gasteiger charge is 2.27. The lowest BCUT2D eigenvalue weighted by Gasteiger charge is -2.39. The molecule has 1 heterocycles. The molecule has 1 aliphatic rings. The van der Waals surface area contributed by atoms with Crippen molar-refractivity contribution in [1.29, 1.82) is 0 Å². The Balaban J connectivity index is 2.04. The van der Waals surface area contributed by atoms with Crippen LogP contribution in [0.25, 0.3) is 0 Å². The summed E-state index contributed by atoms with van der Waals surface area (Å²) in [7, 11) is 0. The zero-order valence-electron chi connectivity index (χ0n) is 11.5. The molecule has 18 heavy (non-hydrogen) atoms. The minimum atomic E-state index is 0.425. The van der Waals surface area contributed by atoms with Crippen LogP contribution in [0.2, 0.25) is 0 Å². The molecule has 3 nitrogen and oxygen atoms in total. The average molecular weight is 247 g/mol. The van der Waals surface area contributed by atoms with Crippen LogP contribution in [-0.4, -0.2) is 28.5 Å². The van der Waals surface area contributed by atoms with Crippen LogP contribution in [-0.2, 0) is 0 Å². The van der Waals surface area contributed by atoms with Gasteiger partial charge in [-0.2, -0.15) is 0 Å². The smallest absolute Gasteiger partial charge is 0.0337 e. The second kappa shape index (κ2) is 6.30. The second-order valence-corrected chi connectivity index (χ2v) is 5.36. The van der Waals surface area contributed by atoms with Gasteiger partial charge in [0.15, 0.2) is 0 Å². The summed E-state index contributed by atoms with van der Waals surface area (Å²) in [5.41, 5.74) is 7.31. The summed E-state index contributed by atoms with van der Waals surface area (Å²) in [4.78, 5) is 6.83. The van der Waals surface area contributed by atoms with Crippen molar-refractivity contribution in [1.82, 2.24) is 9.88 Å². The summed E-state index contributed by atoms with van der Waals surface area (Å²) in [5.74, 6) is 0. The molecule has 1 saturated carbocycles. The van der Waals surface area contributed by atoms with Crippen LogP contribution in [0.15, 0.2) is 24.5 Å². The van der Waals surface area contributed by atoms with Crippen molar-refractivity contribution in [2.45, 2.75) is 57.7 Å². The van der Waals surface area contributed by atoms with E-state index in [2.05, 4.69) is 29.8 Å². The van der Waals surface area contributed by atoms with Gasteiger partial charge in [-0.1, -0.05) is 13.0 Å². The van der Waals surface area contributed by atoms with Crippen LogP contribution in [0, 0.1) is 0 Å². The van der Waals surface area contributed by atoms with E-state index in [9.17, 15) is 0 Å². The SMILES string of the molecule is CCN(C1CCC(N)CC1)C(C)c1cccnc1. The fourth-order valence-electron chi connectivity index (χ4n) is 3.10. The van der Waals surface area contributed by atoms with Crippen LogP contribution in [0.4, 0.5) is 0 Å². The first-order valence-electron chi connectivity index (χ1n) is 7.13.